The van der Waals surface area contributed by atoms with Gasteiger partial charge in [-0.15, -0.1) is 0 Å². The van der Waals surface area contributed by atoms with Gasteiger partial charge in [-0.3, -0.25) is 4.79 Å². The van der Waals surface area contributed by atoms with Crippen LogP contribution in [0.4, 0.5) is 4.79 Å². The Morgan fingerprint density at radius 1 is 1.39 bits per heavy atom. The van der Waals surface area contributed by atoms with Crippen LogP contribution in [0, 0.1) is 5.92 Å². The summed E-state index contributed by atoms with van der Waals surface area (Å²) in [5, 5.41) is 11.3. The first-order valence-electron chi connectivity index (χ1n) is 6.80. The van der Waals surface area contributed by atoms with E-state index in [0.717, 1.165) is 19.4 Å². The lowest BCUT2D eigenvalue weighted by Gasteiger charge is -2.37. The van der Waals surface area contributed by atoms with E-state index in [1.807, 2.05) is 4.90 Å². The molecule has 0 bridgehead atoms. The minimum absolute atomic E-state index is 0.0500. The third-order valence-electron chi connectivity index (χ3n) is 3.66. The summed E-state index contributed by atoms with van der Waals surface area (Å²) in [6, 6.07) is 0.235. The molecule has 1 aliphatic heterocycles. The van der Waals surface area contributed by atoms with Crippen molar-refractivity contribution in [2.75, 3.05) is 13.1 Å². The van der Waals surface area contributed by atoms with Gasteiger partial charge in [-0.25, -0.2) is 4.79 Å². The van der Waals surface area contributed by atoms with Gasteiger partial charge < -0.3 is 15.3 Å². The van der Waals surface area contributed by atoms with Gasteiger partial charge in [-0.05, 0) is 32.1 Å². The molecule has 2 amide bonds. The molecule has 5 nitrogen and oxygen atoms in total. The molecule has 104 valence electrons. The molecule has 18 heavy (non-hydrogen) atoms. The molecule has 0 saturated carbocycles. The zero-order chi connectivity index (χ0) is 13.5. The van der Waals surface area contributed by atoms with Crippen molar-refractivity contribution in [1.29, 1.82) is 0 Å². The highest BCUT2D eigenvalue weighted by Gasteiger charge is 2.27. The molecule has 1 aliphatic rings. The number of hydrogen-bond donors (Lipinski definition) is 2. The molecular formula is C13H24N2O3. The number of rotatable bonds is 5. The predicted octanol–water partition coefficient (Wildman–Crippen LogP) is 2.07. The van der Waals surface area contributed by atoms with Gasteiger partial charge >= 0.3 is 12.0 Å². The topological polar surface area (TPSA) is 69.6 Å². The van der Waals surface area contributed by atoms with Crippen molar-refractivity contribution in [3.63, 3.8) is 0 Å². The molecule has 0 unspecified atom stereocenters. The fraction of sp³-hybridized carbons (Fsp3) is 0.846. The summed E-state index contributed by atoms with van der Waals surface area (Å²) in [4.78, 5) is 24.2. The van der Waals surface area contributed by atoms with E-state index in [9.17, 15) is 9.59 Å². The number of hydrogen-bond acceptors (Lipinski definition) is 2. The van der Waals surface area contributed by atoms with E-state index in [1.165, 1.54) is 6.42 Å². The molecule has 2 N–H and O–H groups in total. The quantitative estimate of drug-likeness (QED) is 0.740. The average molecular weight is 256 g/mol. The summed E-state index contributed by atoms with van der Waals surface area (Å²) >= 11 is 0. The van der Waals surface area contributed by atoms with Crippen molar-refractivity contribution >= 4 is 12.0 Å². The van der Waals surface area contributed by atoms with Gasteiger partial charge in [0.15, 0.2) is 0 Å². The molecule has 1 heterocycles. The number of carbonyl (C=O) groups is 2. The zero-order valence-corrected chi connectivity index (χ0v) is 11.3. The number of urea groups is 1. The first-order chi connectivity index (χ1) is 8.54. The van der Waals surface area contributed by atoms with Crippen LogP contribution in [0.5, 0.6) is 0 Å². The van der Waals surface area contributed by atoms with E-state index >= 15 is 0 Å². The van der Waals surface area contributed by atoms with E-state index < -0.39 is 5.97 Å². The third kappa shape index (κ3) is 4.55. The maximum atomic E-state index is 12.0. The van der Waals surface area contributed by atoms with Crippen LogP contribution in [-0.4, -0.2) is 41.1 Å². The summed E-state index contributed by atoms with van der Waals surface area (Å²) in [5.41, 5.74) is 0. The fourth-order valence-corrected chi connectivity index (χ4v) is 2.33. The zero-order valence-electron chi connectivity index (χ0n) is 11.3. The van der Waals surface area contributed by atoms with Gasteiger partial charge in [0.1, 0.15) is 0 Å². The highest BCUT2D eigenvalue weighted by molar-refractivity contribution is 5.74. The van der Waals surface area contributed by atoms with Crippen molar-refractivity contribution in [3.05, 3.63) is 0 Å². The molecule has 2 atom stereocenters. The smallest absolute Gasteiger partial charge is 0.317 e. The van der Waals surface area contributed by atoms with E-state index in [-0.39, 0.29) is 18.5 Å². The third-order valence-corrected chi connectivity index (χ3v) is 3.66. The van der Waals surface area contributed by atoms with Crippen molar-refractivity contribution in [2.24, 2.45) is 5.92 Å². The number of piperidine rings is 1. The van der Waals surface area contributed by atoms with Crippen LogP contribution in [-0.2, 0) is 4.79 Å². The lowest BCUT2D eigenvalue weighted by molar-refractivity contribution is -0.137. The Kier molecular flexibility index (Phi) is 5.95. The molecule has 0 aliphatic carbocycles. The summed E-state index contributed by atoms with van der Waals surface area (Å²) in [6.07, 6.45) is 3.95. The number of amides is 2. The standard InChI is InChI=1S/C13H24N2O3/c1-3-11-7-6-10(2)15(9-11)13(18)14-8-4-5-12(16)17/h10-11H,3-9H2,1-2H3,(H,14,18)(H,16,17)/t10-,11+/m0/s1. The summed E-state index contributed by atoms with van der Waals surface area (Å²) in [6.45, 7) is 5.49. The van der Waals surface area contributed by atoms with Crippen LogP contribution >= 0.6 is 0 Å². The predicted molar refractivity (Wildman–Crippen MR) is 69.5 cm³/mol. The molecule has 0 aromatic carbocycles. The summed E-state index contributed by atoms with van der Waals surface area (Å²) in [7, 11) is 0. The summed E-state index contributed by atoms with van der Waals surface area (Å²) < 4.78 is 0. The lowest BCUT2D eigenvalue weighted by atomic mass is 9.92. The minimum atomic E-state index is -0.818. The Morgan fingerprint density at radius 2 is 2.11 bits per heavy atom. The van der Waals surface area contributed by atoms with Crippen LogP contribution in [0.2, 0.25) is 0 Å². The number of nitrogens with one attached hydrogen (secondary N) is 1. The average Bonchev–Trinajstić information content (AvgIpc) is 2.34. The Bertz CT molecular complexity index is 294. The van der Waals surface area contributed by atoms with Crippen molar-refractivity contribution in [1.82, 2.24) is 10.2 Å². The van der Waals surface area contributed by atoms with E-state index in [1.54, 1.807) is 0 Å². The molecule has 0 spiro atoms. The van der Waals surface area contributed by atoms with Gasteiger partial charge in [-0.1, -0.05) is 13.3 Å². The van der Waals surface area contributed by atoms with Gasteiger partial charge in [0.2, 0.25) is 0 Å². The normalized spacial score (nSPS) is 23.8. The van der Waals surface area contributed by atoms with E-state index in [0.29, 0.717) is 18.9 Å². The highest BCUT2D eigenvalue weighted by Crippen LogP contribution is 2.23. The number of nitrogens with zero attached hydrogens (tertiary/aromatic N) is 1. The Hall–Kier alpha value is -1.26. The number of carboxylic acids is 1. The number of aliphatic carboxylic acids is 1. The van der Waals surface area contributed by atoms with Crippen LogP contribution in [0.25, 0.3) is 0 Å². The molecule has 0 radical (unpaired) electrons. The molecular weight excluding hydrogens is 232 g/mol. The van der Waals surface area contributed by atoms with Gasteiger partial charge in [0, 0.05) is 25.6 Å². The molecule has 0 aromatic heterocycles. The fourth-order valence-electron chi connectivity index (χ4n) is 2.33. The highest BCUT2D eigenvalue weighted by atomic mass is 16.4. The van der Waals surface area contributed by atoms with Gasteiger partial charge in [0.25, 0.3) is 0 Å². The number of carbonyl (C=O) groups excluding carboxylic acids is 1. The Morgan fingerprint density at radius 3 is 2.72 bits per heavy atom. The Labute approximate surface area is 109 Å². The van der Waals surface area contributed by atoms with Gasteiger partial charge in [-0.2, -0.15) is 0 Å². The van der Waals surface area contributed by atoms with Crippen LogP contribution in [0.1, 0.15) is 46.0 Å². The van der Waals surface area contributed by atoms with Crippen molar-refractivity contribution in [2.45, 2.75) is 52.0 Å². The molecule has 0 aromatic rings. The van der Waals surface area contributed by atoms with Crippen molar-refractivity contribution < 1.29 is 14.7 Å². The van der Waals surface area contributed by atoms with Crippen LogP contribution in [0.3, 0.4) is 0 Å². The van der Waals surface area contributed by atoms with Gasteiger partial charge in [0.05, 0.1) is 0 Å². The summed E-state index contributed by atoms with van der Waals surface area (Å²) in [5.74, 6) is -0.215. The molecule has 1 saturated heterocycles. The van der Waals surface area contributed by atoms with Crippen molar-refractivity contribution in [3.8, 4) is 0 Å². The maximum Gasteiger partial charge on any atom is 0.317 e. The first-order valence-corrected chi connectivity index (χ1v) is 6.80. The largest absolute Gasteiger partial charge is 0.481 e. The first kappa shape index (κ1) is 14.8. The second kappa shape index (κ2) is 7.24. The molecule has 1 fully saturated rings. The van der Waals surface area contributed by atoms with E-state index in [2.05, 4.69) is 19.2 Å². The maximum absolute atomic E-state index is 12.0. The second-order valence-corrected chi connectivity index (χ2v) is 5.08. The monoisotopic (exact) mass is 256 g/mol. The molecule has 5 heteroatoms. The van der Waals surface area contributed by atoms with Crippen LogP contribution < -0.4 is 5.32 Å². The Balaban J connectivity index is 2.32. The SMILES string of the molecule is CC[C@@H]1CC[C@H](C)N(C(=O)NCCCC(=O)O)C1. The second-order valence-electron chi connectivity index (χ2n) is 5.08. The number of likely N-dealkylation sites (tertiary alicyclic amines) is 1. The lowest BCUT2D eigenvalue weighted by Crippen LogP contribution is -2.50. The number of carboxylic acid groups (broad SMARTS) is 1. The van der Waals surface area contributed by atoms with Crippen LogP contribution in [0.15, 0.2) is 0 Å². The minimum Gasteiger partial charge on any atom is -0.481 e. The van der Waals surface area contributed by atoms with E-state index in [4.69, 9.17) is 5.11 Å². The molecule has 1 rings (SSSR count).